The largest absolute Gasteiger partial charge is 0.375 e. The Balaban J connectivity index is 2.15. The predicted molar refractivity (Wildman–Crippen MR) is 80.2 cm³/mol. The van der Waals surface area contributed by atoms with Crippen molar-refractivity contribution in [3.8, 4) is 21.8 Å². The minimum atomic E-state index is 0.533. The van der Waals surface area contributed by atoms with Crippen LogP contribution in [0.5, 0.6) is 0 Å². The number of nitrogens with zero attached hydrogens (tertiary/aromatic N) is 2. The molecule has 3 aromatic rings. The molecule has 0 saturated heterocycles. The number of rotatable bonds is 2. The average Bonchev–Trinajstić information content (AvgIpc) is 2.83. The van der Waals surface area contributed by atoms with Crippen LogP contribution in [0.2, 0.25) is 5.02 Å². The molecule has 3 nitrogen and oxygen atoms in total. The first-order valence-electron chi connectivity index (χ1n) is 5.67. The number of nitrogens with two attached hydrogens (primary N) is 1. The van der Waals surface area contributed by atoms with Gasteiger partial charge in [0, 0.05) is 11.2 Å². The summed E-state index contributed by atoms with van der Waals surface area (Å²) in [5.74, 6) is 0. The number of nitrogen functional groups attached to an aromatic ring is 1. The Morgan fingerprint density at radius 1 is 1.05 bits per heavy atom. The number of aromatic nitrogens is 2. The molecule has 94 valence electrons. The maximum Gasteiger partial charge on any atom is 0.181 e. The highest BCUT2D eigenvalue weighted by Gasteiger charge is 2.14. The zero-order chi connectivity index (χ0) is 13.2. The van der Waals surface area contributed by atoms with E-state index in [1.54, 1.807) is 6.20 Å². The van der Waals surface area contributed by atoms with E-state index in [0.29, 0.717) is 10.2 Å². The summed E-state index contributed by atoms with van der Waals surface area (Å²) in [6, 6.07) is 13.4. The van der Waals surface area contributed by atoms with E-state index in [4.69, 9.17) is 17.3 Å². The van der Waals surface area contributed by atoms with Gasteiger partial charge in [-0.15, -0.1) is 0 Å². The molecule has 0 bridgehead atoms. The van der Waals surface area contributed by atoms with Gasteiger partial charge in [0.2, 0.25) is 0 Å². The second-order valence-corrected chi connectivity index (χ2v) is 5.42. The lowest BCUT2D eigenvalue weighted by molar-refractivity contribution is 1.28. The summed E-state index contributed by atoms with van der Waals surface area (Å²) < 4.78 is 0. The van der Waals surface area contributed by atoms with Crippen LogP contribution >= 0.6 is 22.9 Å². The molecule has 2 N–H and O–H groups in total. The molecule has 0 spiro atoms. The summed E-state index contributed by atoms with van der Waals surface area (Å²) in [5, 5.41) is 1.24. The van der Waals surface area contributed by atoms with Gasteiger partial charge >= 0.3 is 0 Å². The maximum absolute atomic E-state index is 5.91. The second-order valence-electron chi connectivity index (χ2n) is 3.95. The normalized spacial score (nSPS) is 10.6. The molecule has 0 aliphatic carbocycles. The summed E-state index contributed by atoms with van der Waals surface area (Å²) in [6.45, 7) is 0. The first kappa shape index (κ1) is 12.1. The van der Waals surface area contributed by atoms with Crippen LogP contribution in [0.15, 0.2) is 48.7 Å². The minimum Gasteiger partial charge on any atom is -0.375 e. The predicted octanol–water partition coefficient (Wildman–Crippen LogP) is 4.11. The van der Waals surface area contributed by atoms with Gasteiger partial charge in [0.25, 0.3) is 0 Å². The molecule has 3 rings (SSSR count). The molecule has 19 heavy (non-hydrogen) atoms. The molecule has 2 heterocycles. The van der Waals surface area contributed by atoms with Crippen LogP contribution in [-0.4, -0.2) is 9.97 Å². The SMILES string of the molecule is Nc1nc(-c2ccccn2)c(-c2ccc(Cl)cc2)s1. The van der Waals surface area contributed by atoms with E-state index in [2.05, 4.69) is 9.97 Å². The molecule has 0 saturated carbocycles. The summed E-state index contributed by atoms with van der Waals surface area (Å²) in [6.07, 6.45) is 1.75. The van der Waals surface area contributed by atoms with Crippen LogP contribution < -0.4 is 5.73 Å². The Kier molecular flexibility index (Phi) is 3.19. The number of hydrogen-bond acceptors (Lipinski definition) is 4. The lowest BCUT2D eigenvalue weighted by atomic mass is 10.1. The van der Waals surface area contributed by atoms with Crippen molar-refractivity contribution in [2.75, 3.05) is 5.73 Å². The zero-order valence-corrected chi connectivity index (χ0v) is 11.4. The Morgan fingerprint density at radius 3 is 2.53 bits per heavy atom. The Labute approximate surface area is 119 Å². The molecule has 0 aliphatic heterocycles. The molecular formula is C14H10ClN3S. The fourth-order valence-corrected chi connectivity index (χ4v) is 2.78. The van der Waals surface area contributed by atoms with Crippen molar-refractivity contribution >= 4 is 28.1 Å². The quantitative estimate of drug-likeness (QED) is 0.772. The first-order valence-corrected chi connectivity index (χ1v) is 6.87. The van der Waals surface area contributed by atoms with Gasteiger partial charge in [-0.2, -0.15) is 0 Å². The Bertz CT molecular complexity index is 692. The number of halogens is 1. The van der Waals surface area contributed by atoms with E-state index in [1.807, 2.05) is 42.5 Å². The molecule has 0 radical (unpaired) electrons. The summed E-state index contributed by atoms with van der Waals surface area (Å²) in [7, 11) is 0. The van der Waals surface area contributed by atoms with Gasteiger partial charge in [-0.05, 0) is 29.8 Å². The number of thiazole rings is 1. The molecule has 0 amide bonds. The molecule has 0 unspecified atom stereocenters. The summed E-state index contributed by atoms with van der Waals surface area (Å²) >= 11 is 7.36. The lowest BCUT2D eigenvalue weighted by Crippen LogP contribution is -1.86. The Hall–Kier alpha value is -1.91. The van der Waals surface area contributed by atoms with E-state index in [0.717, 1.165) is 21.8 Å². The molecule has 0 fully saturated rings. The Morgan fingerprint density at radius 2 is 1.84 bits per heavy atom. The number of hydrogen-bond donors (Lipinski definition) is 1. The first-order chi connectivity index (χ1) is 9.24. The van der Waals surface area contributed by atoms with Gasteiger partial charge in [-0.3, -0.25) is 4.98 Å². The third-order valence-corrected chi connectivity index (χ3v) is 3.84. The second kappa shape index (κ2) is 4.99. The minimum absolute atomic E-state index is 0.533. The van der Waals surface area contributed by atoms with E-state index in [9.17, 15) is 0 Å². The fraction of sp³-hybridized carbons (Fsp3) is 0. The topological polar surface area (TPSA) is 51.8 Å². The summed E-state index contributed by atoms with van der Waals surface area (Å²) in [5.41, 5.74) is 8.51. The third-order valence-electron chi connectivity index (χ3n) is 2.66. The highest BCUT2D eigenvalue weighted by molar-refractivity contribution is 7.19. The smallest absolute Gasteiger partial charge is 0.181 e. The van der Waals surface area contributed by atoms with Crippen LogP contribution in [-0.2, 0) is 0 Å². The number of pyridine rings is 1. The standard InChI is InChI=1S/C14H10ClN3S/c15-10-6-4-9(5-7-10)13-12(18-14(16)19-13)11-3-1-2-8-17-11/h1-8H,(H2,16,18). The van der Waals surface area contributed by atoms with Gasteiger partial charge in [-0.1, -0.05) is 41.1 Å². The molecule has 0 atom stereocenters. The number of benzene rings is 1. The van der Waals surface area contributed by atoms with Crippen LogP contribution in [0.4, 0.5) is 5.13 Å². The van der Waals surface area contributed by atoms with E-state index in [1.165, 1.54) is 11.3 Å². The molecule has 0 aliphatic rings. The fourth-order valence-electron chi connectivity index (χ4n) is 1.81. The van der Waals surface area contributed by atoms with Crippen molar-refractivity contribution in [2.24, 2.45) is 0 Å². The zero-order valence-electron chi connectivity index (χ0n) is 9.88. The van der Waals surface area contributed by atoms with Gasteiger partial charge < -0.3 is 5.73 Å². The molecule has 2 aromatic heterocycles. The van der Waals surface area contributed by atoms with Gasteiger partial charge in [-0.25, -0.2) is 4.98 Å². The van der Waals surface area contributed by atoms with E-state index < -0.39 is 0 Å². The number of anilines is 1. The van der Waals surface area contributed by atoms with Crippen LogP contribution in [0, 0.1) is 0 Å². The van der Waals surface area contributed by atoms with Crippen LogP contribution in [0.1, 0.15) is 0 Å². The van der Waals surface area contributed by atoms with Crippen molar-refractivity contribution in [3.05, 3.63) is 53.7 Å². The maximum atomic E-state index is 5.91. The third kappa shape index (κ3) is 2.45. The van der Waals surface area contributed by atoms with Gasteiger partial charge in [0.1, 0.15) is 5.69 Å². The van der Waals surface area contributed by atoms with Crippen molar-refractivity contribution < 1.29 is 0 Å². The van der Waals surface area contributed by atoms with Crippen LogP contribution in [0.3, 0.4) is 0 Å². The van der Waals surface area contributed by atoms with Crippen molar-refractivity contribution in [1.29, 1.82) is 0 Å². The van der Waals surface area contributed by atoms with Crippen molar-refractivity contribution in [1.82, 2.24) is 9.97 Å². The average molecular weight is 288 g/mol. The summed E-state index contributed by atoms with van der Waals surface area (Å²) in [4.78, 5) is 9.72. The van der Waals surface area contributed by atoms with Gasteiger partial charge in [0.05, 0.1) is 10.6 Å². The van der Waals surface area contributed by atoms with E-state index in [-0.39, 0.29) is 0 Å². The van der Waals surface area contributed by atoms with Gasteiger partial charge in [0.15, 0.2) is 5.13 Å². The molecular weight excluding hydrogens is 278 g/mol. The lowest BCUT2D eigenvalue weighted by Gasteiger charge is -2.02. The van der Waals surface area contributed by atoms with Crippen molar-refractivity contribution in [2.45, 2.75) is 0 Å². The van der Waals surface area contributed by atoms with Crippen molar-refractivity contribution in [3.63, 3.8) is 0 Å². The molecule has 1 aromatic carbocycles. The highest BCUT2D eigenvalue weighted by Crippen LogP contribution is 2.37. The highest BCUT2D eigenvalue weighted by atomic mass is 35.5. The molecule has 5 heteroatoms. The van der Waals surface area contributed by atoms with E-state index >= 15 is 0 Å². The van der Waals surface area contributed by atoms with Crippen LogP contribution in [0.25, 0.3) is 21.8 Å². The monoisotopic (exact) mass is 287 g/mol.